The summed E-state index contributed by atoms with van der Waals surface area (Å²) in [5.74, 6) is 1.75. The number of benzene rings is 10. The third-order valence-corrected chi connectivity index (χ3v) is 12.4. The van der Waals surface area contributed by atoms with Gasteiger partial charge in [0, 0.05) is 38.4 Å². The Labute approximate surface area is 355 Å². The van der Waals surface area contributed by atoms with E-state index in [2.05, 4.69) is 205 Å². The maximum Gasteiger partial charge on any atom is 0.167 e. The standard InChI is InChI=1S/C57H34N4O/c1-2-12-35(13-3-1)39-18-10-19-42(30-39)55-58-56(43-25-24-36-14-4-5-15-38(36)31-43)60-57(59-55)47-22-11-21-46-53-48-34-44(28-26-37(48)27-29-52(53)62-54(46)47)61-50-23-9-8-20-45(50)49-32-40-16-6-7-17-41(40)33-51(49)61/h1-34H. The Kier molecular flexibility index (Phi) is 7.54. The highest BCUT2D eigenvalue weighted by Crippen LogP contribution is 2.41. The van der Waals surface area contributed by atoms with Gasteiger partial charge in [-0.1, -0.05) is 152 Å². The van der Waals surface area contributed by atoms with Gasteiger partial charge in [0.2, 0.25) is 0 Å². The average Bonchev–Trinajstić information content (AvgIpc) is 3.89. The molecule has 3 heterocycles. The van der Waals surface area contributed by atoms with Crippen molar-refractivity contribution in [1.29, 1.82) is 0 Å². The molecule has 0 bridgehead atoms. The van der Waals surface area contributed by atoms with Crippen LogP contribution in [-0.4, -0.2) is 19.5 Å². The van der Waals surface area contributed by atoms with Crippen LogP contribution in [0.3, 0.4) is 0 Å². The van der Waals surface area contributed by atoms with Crippen molar-refractivity contribution in [3.05, 3.63) is 206 Å². The molecule has 62 heavy (non-hydrogen) atoms. The van der Waals surface area contributed by atoms with E-state index in [0.717, 1.165) is 77.0 Å². The van der Waals surface area contributed by atoms with E-state index in [-0.39, 0.29) is 0 Å². The van der Waals surface area contributed by atoms with Crippen LogP contribution in [0.1, 0.15) is 0 Å². The summed E-state index contributed by atoms with van der Waals surface area (Å²) < 4.78 is 9.28. The molecule has 0 aliphatic heterocycles. The maximum absolute atomic E-state index is 6.88. The normalized spacial score (nSPS) is 11.9. The first-order chi connectivity index (χ1) is 30.7. The first kappa shape index (κ1) is 34.5. The highest BCUT2D eigenvalue weighted by Gasteiger charge is 2.21. The predicted octanol–water partition coefficient (Wildman–Crippen LogP) is 15.0. The molecule has 10 aromatic carbocycles. The lowest BCUT2D eigenvalue weighted by molar-refractivity contribution is 0.670. The fourth-order valence-corrected chi connectivity index (χ4v) is 9.40. The fraction of sp³-hybridized carbons (Fsp3) is 0. The Morgan fingerprint density at radius 3 is 1.82 bits per heavy atom. The molecule has 5 heteroatoms. The van der Waals surface area contributed by atoms with Gasteiger partial charge < -0.3 is 8.98 Å². The smallest absolute Gasteiger partial charge is 0.167 e. The van der Waals surface area contributed by atoms with Crippen LogP contribution < -0.4 is 0 Å². The second kappa shape index (κ2) is 13.6. The van der Waals surface area contributed by atoms with Crippen LogP contribution in [0.25, 0.3) is 127 Å². The molecule has 0 atom stereocenters. The monoisotopic (exact) mass is 790 g/mol. The molecule has 0 aliphatic rings. The molecule has 13 rings (SSSR count). The number of aromatic nitrogens is 4. The number of rotatable bonds is 5. The third kappa shape index (κ3) is 5.45. The number of fused-ring (bicyclic) bond motifs is 10. The minimum absolute atomic E-state index is 0.551. The Morgan fingerprint density at radius 1 is 0.339 bits per heavy atom. The summed E-state index contributed by atoms with van der Waals surface area (Å²) in [6, 6.07) is 72.8. The average molecular weight is 791 g/mol. The Morgan fingerprint density at radius 2 is 0.968 bits per heavy atom. The largest absolute Gasteiger partial charge is 0.455 e. The first-order valence-electron chi connectivity index (χ1n) is 20.9. The molecule has 0 fully saturated rings. The molecule has 0 saturated heterocycles. The minimum Gasteiger partial charge on any atom is -0.455 e. The summed E-state index contributed by atoms with van der Waals surface area (Å²) in [7, 11) is 0. The zero-order valence-corrected chi connectivity index (χ0v) is 33.3. The van der Waals surface area contributed by atoms with Gasteiger partial charge in [-0.25, -0.2) is 15.0 Å². The Bertz CT molecular complexity index is 3940. The number of nitrogens with zero attached hydrogens (tertiary/aromatic N) is 4. The van der Waals surface area contributed by atoms with Crippen molar-refractivity contribution in [3.63, 3.8) is 0 Å². The van der Waals surface area contributed by atoms with Gasteiger partial charge in [-0.15, -0.1) is 0 Å². The van der Waals surface area contributed by atoms with Gasteiger partial charge in [0.25, 0.3) is 0 Å². The Hall–Kier alpha value is -8.41. The molecule has 5 nitrogen and oxygen atoms in total. The lowest BCUT2D eigenvalue weighted by atomic mass is 10.0. The van der Waals surface area contributed by atoms with E-state index in [4.69, 9.17) is 19.4 Å². The topological polar surface area (TPSA) is 56.7 Å². The first-order valence-corrected chi connectivity index (χ1v) is 20.9. The van der Waals surface area contributed by atoms with Crippen LogP contribution in [0.5, 0.6) is 0 Å². The fourth-order valence-electron chi connectivity index (χ4n) is 9.40. The van der Waals surface area contributed by atoms with Crippen molar-refractivity contribution in [2.75, 3.05) is 0 Å². The highest BCUT2D eigenvalue weighted by molar-refractivity contribution is 6.21. The van der Waals surface area contributed by atoms with Gasteiger partial charge in [-0.2, -0.15) is 0 Å². The summed E-state index contributed by atoms with van der Waals surface area (Å²) in [5.41, 5.74) is 9.85. The van der Waals surface area contributed by atoms with E-state index in [1.54, 1.807) is 0 Å². The van der Waals surface area contributed by atoms with Crippen molar-refractivity contribution >= 4 is 76.1 Å². The van der Waals surface area contributed by atoms with Crippen molar-refractivity contribution in [2.45, 2.75) is 0 Å². The molecule has 0 saturated carbocycles. The summed E-state index contributed by atoms with van der Waals surface area (Å²) in [5, 5.41) is 11.5. The summed E-state index contributed by atoms with van der Waals surface area (Å²) in [6.45, 7) is 0. The highest BCUT2D eigenvalue weighted by atomic mass is 16.3. The number of para-hydroxylation sites is 2. The zero-order chi connectivity index (χ0) is 40.7. The van der Waals surface area contributed by atoms with Crippen LogP contribution in [0.2, 0.25) is 0 Å². The van der Waals surface area contributed by atoms with E-state index in [9.17, 15) is 0 Å². The molecule has 0 radical (unpaired) electrons. The van der Waals surface area contributed by atoms with Crippen molar-refractivity contribution < 1.29 is 4.42 Å². The lowest BCUT2D eigenvalue weighted by Gasteiger charge is -2.11. The van der Waals surface area contributed by atoms with Crippen LogP contribution in [0.15, 0.2) is 211 Å². The van der Waals surface area contributed by atoms with Crippen molar-refractivity contribution in [2.24, 2.45) is 0 Å². The van der Waals surface area contributed by atoms with E-state index in [1.165, 1.54) is 32.6 Å². The van der Waals surface area contributed by atoms with Crippen LogP contribution in [0, 0.1) is 0 Å². The minimum atomic E-state index is 0.551. The van der Waals surface area contributed by atoms with E-state index < -0.39 is 0 Å². The lowest BCUT2D eigenvalue weighted by Crippen LogP contribution is -2.00. The number of hydrogen-bond acceptors (Lipinski definition) is 4. The van der Waals surface area contributed by atoms with Crippen LogP contribution >= 0.6 is 0 Å². The maximum atomic E-state index is 6.88. The summed E-state index contributed by atoms with van der Waals surface area (Å²) in [6.07, 6.45) is 0. The van der Waals surface area contributed by atoms with Gasteiger partial charge in [0.1, 0.15) is 11.2 Å². The SMILES string of the molecule is c1ccc(-c2cccc(-c3nc(-c4ccc5ccccc5c4)nc(-c4cccc5c4oc4ccc6ccc(-n7c8ccccc8c8cc9ccccc9cc87)cc6c45)n3)c2)cc1. The second-order valence-electron chi connectivity index (χ2n) is 16.0. The molecule has 0 aliphatic carbocycles. The van der Waals surface area contributed by atoms with Gasteiger partial charge in [0.05, 0.1) is 16.6 Å². The van der Waals surface area contributed by atoms with Crippen molar-refractivity contribution in [3.8, 4) is 51.0 Å². The van der Waals surface area contributed by atoms with Crippen LogP contribution in [-0.2, 0) is 0 Å². The van der Waals surface area contributed by atoms with Crippen LogP contribution in [0.4, 0.5) is 0 Å². The van der Waals surface area contributed by atoms with Gasteiger partial charge in [0.15, 0.2) is 17.5 Å². The van der Waals surface area contributed by atoms with Gasteiger partial charge in [-0.05, 0) is 98.0 Å². The molecule has 3 aromatic heterocycles. The number of furan rings is 1. The summed E-state index contributed by atoms with van der Waals surface area (Å²) in [4.78, 5) is 15.6. The van der Waals surface area contributed by atoms with E-state index >= 15 is 0 Å². The molecule has 13 aromatic rings. The zero-order valence-electron chi connectivity index (χ0n) is 33.3. The molecule has 0 spiro atoms. The molecule has 0 amide bonds. The van der Waals surface area contributed by atoms with Gasteiger partial charge >= 0.3 is 0 Å². The molecule has 288 valence electrons. The second-order valence-corrected chi connectivity index (χ2v) is 16.0. The molecule has 0 unspecified atom stereocenters. The molecular weight excluding hydrogens is 757 g/mol. The predicted molar refractivity (Wildman–Crippen MR) is 256 cm³/mol. The van der Waals surface area contributed by atoms with Gasteiger partial charge in [-0.3, -0.25) is 0 Å². The summed E-state index contributed by atoms with van der Waals surface area (Å²) >= 11 is 0. The quantitative estimate of drug-likeness (QED) is 0.174. The number of hydrogen-bond donors (Lipinski definition) is 0. The van der Waals surface area contributed by atoms with E-state index in [1.807, 2.05) is 6.07 Å². The third-order valence-electron chi connectivity index (χ3n) is 12.4. The van der Waals surface area contributed by atoms with Crippen molar-refractivity contribution in [1.82, 2.24) is 19.5 Å². The Balaban J connectivity index is 1.02. The van der Waals surface area contributed by atoms with E-state index in [0.29, 0.717) is 17.5 Å². The molecule has 0 N–H and O–H groups in total. The molecular formula is C57H34N4O.